The molecule has 0 saturated carbocycles. The lowest BCUT2D eigenvalue weighted by Gasteiger charge is -2.39. The van der Waals surface area contributed by atoms with Crippen LogP contribution in [0.1, 0.15) is 67.1 Å². The van der Waals surface area contributed by atoms with Crippen molar-refractivity contribution in [2.24, 2.45) is 5.92 Å². The van der Waals surface area contributed by atoms with Crippen LogP contribution in [0.15, 0.2) is 78.9 Å². The van der Waals surface area contributed by atoms with Gasteiger partial charge in [-0.1, -0.05) is 86.5 Å². The number of hydrogen-bond donors (Lipinski definition) is 1. The molecule has 6 rings (SSSR count). The van der Waals surface area contributed by atoms with Crippen LogP contribution in [0.4, 0.5) is 11.4 Å². The molecule has 1 saturated heterocycles. The molecule has 5 heteroatoms. The number of carbonyl (C=O) groups is 3. The Kier molecular flexibility index (Phi) is 6.25. The molecule has 0 aromatic heterocycles. The normalized spacial score (nSPS) is 24.6. The van der Waals surface area contributed by atoms with Crippen LogP contribution in [0.2, 0.25) is 0 Å². The highest BCUT2D eigenvalue weighted by Gasteiger charge is 2.70. The van der Waals surface area contributed by atoms with E-state index in [0.717, 1.165) is 41.6 Å². The minimum absolute atomic E-state index is 0.119. The van der Waals surface area contributed by atoms with Gasteiger partial charge >= 0.3 is 0 Å². The monoisotopic (exact) mass is 518 g/mol. The summed E-state index contributed by atoms with van der Waals surface area (Å²) in [5.41, 5.74) is 4.93. The van der Waals surface area contributed by atoms with Gasteiger partial charge in [0.25, 0.3) is 0 Å². The van der Waals surface area contributed by atoms with Crippen molar-refractivity contribution in [3.8, 4) is 0 Å². The van der Waals surface area contributed by atoms with E-state index in [4.69, 9.17) is 0 Å². The van der Waals surface area contributed by atoms with Gasteiger partial charge in [0.15, 0.2) is 11.6 Å². The Hall–Kier alpha value is -3.99. The maximum Gasteiger partial charge on any atom is 0.238 e. The van der Waals surface area contributed by atoms with E-state index in [1.54, 1.807) is 6.92 Å². The predicted molar refractivity (Wildman–Crippen MR) is 155 cm³/mol. The van der Waals surface area contributed by atoms with Crippen molar-refractivity contribution in [1.82, 2.24) is 0 Å². The summed E-state index contributed by atoms with van der Waals surface area (Å²) >= 11 is 0. The van der Waals surface area contributed by atoms with Crippen LogP contribution >= 0.6 is 0 Å². The minimum Gasteiger partial charge on any atom is -0.352 e. The number of aryl methyl sites for hydroxylation is 1. The number of carbonyl (C=O) groups excluding carboxylic acids is 3. The summed E-state index contributed by atoms with van der Waals surface area (Å²) < 4.78 is 0. The predicted octanol–water partition coefficient (Wildman–Crippen LogP) is 6.37. The molecule has 3 aliphatic rings. The van der Waals surface area contributed by atoms with E-state index < -0.39 is 23.4 Å². The van der Waals surface area contributed by atoms with Gasteiger partial charge in [0.1, 0.15) is 5.41 Å². The zero-order valence-corrected chi connectivity index (χ0v) is 22.7. The lowest BCUT2D eigenvalue weighted by atomic mass is 9.64. The molecule has 1 amide bonds. The van der Waals surface area contributed by atoms with Gasteiger partial charge < -0.3 is 10.2 Å². The number of unbranched alkanes of at least 4 members (excludes halogenated alkanes) is 2. The number of benzene rings is 3. The van der Waals surface area contributed by atoms with Crippen molar-refractivity contribution in [3.63, 3.8) is 0 Å². The molecule has 198 valence electrons. The molecule has 3 aromatic rings. The van der Waals surface area contributed by atoms with Crippen LogP contribution in [0.25, 0.3) is 5.57 Å². The Morgan fingerprint density at radius 1 is 0.949 bits per heavy atom. The quantitative estimate of drug-likeness (QED) is 0.291. The standard InChI is InChI=1S/C34H34N2O3/c1-4-5-6-11-23-16-18-24(19-17-23)32(38)30-31(22(3)37)36-28-15-10-7-12-25(28)21(2)20-29(36)34(30)26-13-8-9-14-27(26)35-33(34)39/h7-10,12-20,29-31H,4-6,11H2,1-3H3,(H,35,39)/t29-,30-,31-,34-/m0/s1. The Labute approximate surface area is 229 Å². The van der Waals surface area contributed by atoms with Crippen LogP contribution in [-0.4, -0.2) is 29.6 Å². The van der Waals surface area contributed by atoms with Crippen LogP contribution in [0.5, 0.6) is 0 Å². The number of rotatable bonds is 7. The van der Waals surface area contributed by atoms with Crippen molar-refractivity contribution >= 4 is 34.4 Å². The summed E-state index contributed by atoms with van der Waals surface area (Å²) in [5, 5.41) is 3.08. The first kappa shape index (κ1) is 25.3. The molecule has 1 spiro atoms. The summed E-state index contributed by atoms with van der Waals surface area (Å²) in [6.45, 7) is 5.77. The van der Waals surface area contributed by atoms with Crippen molar-refractivity contribution in [1.29, 1.82) is 0 Å². The number of fused-ring (bicyclic) bond motifs is 6. The lowest BCUT2D eigenvalue weighted by Crippen LogP contribution is -2.51. The van der Waals surface area contributed by atoms with E-state index in [2.05, 4.69) is 18.3 Å². The molecule has 4 atom stereocenters. The summed E-state index contributed by atoms with van der Waals surface area (Å²) in [4.78, 5) is 44.4. The van der Waals surface area contributed by atoms with Crippen LogP contribution in [0, 0.1) is 5.92 Å². The Morgan fingerprint density at radius 3 is 2.41 bits per heavy atom. The van der Waals surface area contributed by atoms with Crippen LogP contribution in [0.3, 0.4) is 0 Å². The molecule has 5 nitrogen and oxygen atoms in total. The van der Waals surface area contributed by atoms with E-state index in [9.17, 15) is 14.4 Å². The molecule has 39 heavy (non-hydrogen) atoms. The van der Waals surface area contributed by atoms with Gasteiger partial charge in [-0.2, -0.15) is 0 Å². The first-order valence-corrected chi connectivity index (χ1v) is 14.0. The van der Waals surface area contributed by atoms with Gasteiger partial charge in [-0.25, -0.2) is 0 Å². The third kappa shape index (κ3) is 3.70. The minimum atomic E-state index is -1.24. The van der Waals surface area contributed by atoms with Crippen molar-refractivity contribution < 1.29 is 14.4 Å². The van der Waals surface area contributed by atoms with Crippen molar-refractivity contribution in [3.05, 3.63) is 101 Å². The first-order chi connectivity index (χ1) is 18.9. The van der Waals surface area contributed by atoms with Gasteiger partial charge in [0.2, 0.25) is 5.91 Å². The van der Waals surface area contributed by atoms with Crippen molar-refractivity contribution in [2.45, 2.75) is 64.0 Å². The largest absolute Gasteiger partial charge is 0.352 e. The summed E-state index contributed by atoms with van der Waals surface area (Å²) in [5.74, 6) is -1.39. The number of para-hydroxylation sites is 2. The number of allylic oxidation sites excluding steroid dienone is 1. The van der Waals surface area contributed by atoms with E-state index in [0.29, 0.717) is 11.3 Å². The molecule has 0 radical (unpaired) electrons. The third-order valence-electron chi connectivity index (χ3n) is 8.89. The Morgan fingerprint density at radius 2 is 1.67 bits per heavy atom. The highest BCUT2D eigenvalue weighted by molar-refractivity contribution is 6.16. The second-order valence-electron chi connectivity index (χ2n) is 11.1. The molecule has 3 aliphatic heterocycles. The fraction of sp³-hybridized carbons (Fsp3) is 0.324. The average molecular weight is 519 g/mol. The molecule has 0 bridgehead atoms. The van der Waals surface area contributed by atoms with Gasteiger partial charge in [-0.05, 0) is 55.5 Å². The Bertz CT molecular complexity index is 1500. The van der Waals surface area contributed by atoms with Gasteiger partial charge in [0.05, 0.1) is 18.0 Å². The second-order valence-corrected chi connectivity index (χ2v) is 11.1. The highest BCUT2D eigenvalue weighted by Crippen LogP contribution is 2.58. The number of nitrogens with one attached hydrogen (secondary N) is 1. The molecule has 0 aliphatic carbocycles. The summed E-state index contributed by atoms with van der Waals surface area (Å²) in [6, 6.07) is 22.1. The third-order valence-corrected chi connectivity index (χ3v) is 8.89. The van der Waals surface area contributed by atoms with Crippen molar-refractivity contribution in [2.75, 3.05) is 10.2 Å². The smallest absolute Gasteiger partial charge is 0.238 e. The summed E-state index contributed by atoms with van der Waals surface area (Å²) in [6.07, 6.45) is 6.50. The van der Waals surface area contributed by atoms with E-state index in [1.807, 2.05) is 84.6 Å². The van der Waals surface area contributed by atoms with Gasteiger partial charge in [0, 0.05) is 22.5 Å². The average Bonchev–Trinajstić information content (AvgIpc) is 3.42. The number of hydrogen-bond acceptors (Lipinski definition) is 4. The summed E-state index contributed by atoms with van der Waals surface area (Å²) in [7, 11) is 0. The van der Waals surface area contributed by atoms with Crippen LogP contribution in [-0.2, 0) is 21.4 Å². The molecule has 3 aromatic carbocycles. The fourth-order valence-corrected chi connectivity index (χ4v) is 7.13. The number of amides is 1. The number of nitrogens with zero attached hydrogens (tertiary/aromatic N) is 1. The van der Waals surface area contributed by atoms with Gasteiger partial charge in [-0.3, -0.25) is 14.4 Å². The Balaban J connectivity index is 1.54. The number of Topliss-reactive ketones (excluding diaryl/α,β-unsaturated/α-hetero) is 2. The van der Waals surface area contributed by atoms with E-state index >= 15 is 0 Å². The lowest BCUT2D eigenvalue weighted by molar-refractivity contribution is -0.122. The van der Waals surface area contributed by atoms with E-state index in [-0.39, 0.29) is 17.5 Å². The number of anilines is 2. The second kappa shape index (κ2) is 9.64. The number of ketones is 2. The molecule has 1 N–H and O–H groups in total. The topological polar surface area (TPSA) is 66.5 Å². The molecular weight excluding hydrogens is 484 g/mol. The zero-order valence-electron chi connectivity index (χ0n) is 22.7. The maximum atomic E-state index is 14.6. The molecular formula is C34H34N2O3. The molecule has 1 fully saturated rings. The fourth-order valence-electron chi connectivity index (χ4n) is 7.13. The van der Waals surface area contributed by atoms with E-state index in [1.165, 1.54) is 12.0 Å². The molecule has 0 unspecified atom stereocenters. The molecule has 3 heterocycles. The first-order valence-electron chi connectivity index (χ1n) is 14.0. The van der Waals surface area contributed by atoms with Crippen LogP contribution < -0.4 is 10.2 Å². The maximum absolute atomic E-state index is 14.6. The highest BCUT2D eigenvalue weighted by atomic mass is 16.2. The SMILES string of the molecule is CCCCCc1ccc(C(=O)[C@@H]2[C@H](C(C)=O)N3c4ccccc4C(C)=C[C@H]3[C@]23C(=O)Nc2ccccc23)cc1. The van der Waals surface area contributed by atoms with Gasteiger partial charge in [-0.15, -0.1) is 0 Å². The zero-order chi connectivity index (χ0) is 27.3.